The second kappa shape index (κ2) is 4.12. The molecule has 1 unspecified atom stereocenters. The molecule has 1 aliphatic rings. The Morgan fingerprint density at radius 1 is 1.38 bits per heavy atom. The first-order chi connectivity index (χ1) is 7.53. The lowest BCUT2D eigenvalue weighted by molar-refractivity contribution is 0.560. The highest BCUT2D eigenvalue weighted by molar-refractivity contribution is 7.92. The Hall–Kier alpha value is -0.980. The van der Waals surface area contributed by atoms with Crippen molar-refractivity contribution in [3.8, 4) is 0 Å². The Balaban J connectivity index is 2.27. The third-order valence-corrected chi connectivity index (χ3v) is 5.87. The van der Waals surface area contributed by atoms with Crippen LogP contribution < -0.4 is 0 Å². The third-order valence-electron chi connectivity index (χ3n) is 3.28. The number of hydrogen-bond acceptors (Lipinski definition) is 5. The number of sulfone groups is 1. The van der Waals surface area contributed by atoms with Gasteiger partial charge in [0.25, 0.3) is 0 Å². The van der Waals surface area contributed by atoms with Gasteiger partial charge in [0.05, 0.1) is 5.25 Å². The maximum absolute atomic E-state index is 12.3. The highest BCUT2D eigenvalue weighted by Gasteiger charge is 2.36. The first kappa shape index (κ1) is 11.5. The Morgan fingerprint density at radius 3 is 2.50 bits per heavy atom. The van der Waals surface area contributed by atoms with E-state index in [-0.39, 0.29) is 5.25 Å². The van der Waals surface area contributed by atoms with Gasteiger partial charge in [0.15, 0.2) is 15.7 Å². The SMILES string of the molecule is CC(c1nnnn1C)S(=O)(=O)C1CCCC1. The van der Waals surface area contributed by atoms with Crippen molar-refractivity contribution >= 4 is 9.84 Å². The van der Waals surface area contributed by atoms with Crippen molar-refractivity contribution < 1.29 is 8.42 Å². The minimum absolute atomic E-state index is 0.209. The van der Waals surface area contributed by atoms with Crippen LogP contribution in [0.4, 0.5) is 0 Å². The van der Waals surface area contributed by atoms with Crippen LogP contribution in [0, 0.1) is 0 Å². The number of hydrogen-bond donors (Lipinski definition) is 0. The first-order valence-corrected chi connectivity index (χ1v) is 7.09. The van der Waals surface area contributed by atoms with Gasteiger partial charge in [-0.3, -0.25) is 0 Å². The van der Waals surface area contributed by atoms with Crippen LogP contribution in [0.3, 0.4) is 0 Å². The first-order valence-electron chi connectivity index (χ1n) is 5.48. The molecule has 2 rings (SSSR count). The molecular formula is C9H16N4O2S. The molecule has 1 aromatic heterocycles. The number of aryl methyl sites for hydroxylation is 1. The average molecular weight is 244 g/mol. The molecule has 1 aromatic rings. The van der Waals surface area contributed by atoms with Gasteiger partial charge < -0.3 is 0 Å². The summed E-state index contributed by atoms with van der Waals surface area (Å²) < 4.78 is 26.0. The van der Waals surface area contributed by atoms with Crippen molar-refractivity contribution in [1.82, 2.24) is 20.2 Å². The minimum atomic E-state index is -3.15. The van der Waals surface area contributed by atoms with Gasteiger partial charge in [-0.15, -0.1) is 5.10 Å². The molecule has 0 saturated heterocycles. The van der Waals surface area contributed by atoms with Gasteiger partial charge in [0.2, 0.25) is 0 Å². The fraction of sp³-hybridized carbons (Fsp3) is 0.889. The van der Waals surface area contributed by atoms with E-state index < -0.39 is 15.1 Å². The van der Waals surface area contributed by atoms with Gasteiger partial charge in [-0.2, -0.15) is 0 Å². The normalized spacial score (nSPS) is 20.1. The van der Waals surface area contributed by atoms with Gasteiger partial charge >= 0.3 is 0 Å². The molecule has 1 saturated carbocycles. The van der Waals surface area contributed by atoms with E-state index in [1.807, 2.05) is 0 Å². The highest BCUT2D eigenvalue weighted by atomic mass is 32.2. The molecule has 16 heavy (non-hydrogen) atoms. The molecule has 6 nitrogen and oxygen atoms in total. The summed E-state index contributed by atoms with van der Waals surface area (Å²) in [5, 5.41) is 10.1. The van der Waals surface area contributed by atoms with Crippen LogP contribution in [0.2, 0.25) is 0 Å². The Bertz CT molecular complexity index is 462. The Morgan fingerprint density at radius 2 is 2.00 bits per heavy atom. The van der Waals surface area contributed by atoms with Crippen LogP contribution in [-0.2, 0) is 16.9 Å². The summed E-state index contributed by atoms with van der Waals surface area (Å²) in [5.41, 5.74) is 0. The molecule has 0 radical (unpaired) electrons. The van der Waals surface area contributed by atoms with Crippen molar-refractivity contribution in [2.75, 3.05) is 0 Å². The molecule has 1 heterocycles. The number of nitrogens with zero attached hydrogens (tertiary/aromatic N) is 4. The zero-order valence-electron chi connectivity index (χ0n) is 9.50. The number of tetrazole rings is 1. The molecule has 0 spiro atoms. The van der Waals surface area contributed by atoms with Crippen molar-refractivity contribution in [3.63, 3.8) is 0 Å². The van der Waals surface area contributed by atoms with E-state index in [1.54, 1.807) is 14.0 Å². The Labute approximate surface area is 95.0 Å². The smallest absolute Gasteiger partial charge is 0.168 e. The van der Waals surface area contributed by atoms with Crippen molar-refractivity contribution in [2.45, 2.75) is 43.1 Å². The maximum atomic E-state index is 12.3. The zero-order valence-corrected chi connectivity index (χ0v) is 10.3. The molecule has 90 valence electrons. The van der Waals surface area contributed by atoms with Crippen LogP contribution in [-0.4, -0.2) is 33.9 Å². The maximum Gasteiger partial charge on any atom is 0.168 e. The van der Waals surface area contributed by atoms with E-state index in [0.717, 1.165) is 25.7 Å². The molecule has 0 bridgehead atoms. The summed E-state index contributed by atoms with van der Waals surface area (Å²) in [6.07, 6.45) is 3.57. The van der Waals surface area contributed by atoms with Crippen LogP contribution in [0.15, 0.2) is 0 Å². The summed E-state index contributed by atoms with van der Waals surface area (Å²) in [6, 6.07) is 0. The van der Waals surface area contributed by atoms with E-state index in [0.29, 0.717) is 5.82 Å². The molecule has 1 fully saturated rings. The van der Waals surface area contributed by atoms with Gasteiger partial charge in [-0.05, 0) is 30.2 Å². The molecule has 0 aliphatic heterocycles. The molecular weight excluding hydrogens is 228 g/mol. The summed E-state index contributed by atoms with van der Waals surface area (Å²) in [4.78, 5) is 0. The van der Waals surface area contributed by atoms with E-state index in [4.69, 9.17) is 0 Å². The van der Waals surface area contributed by atoms with Crippen LogP contribution in [0.25, 0.3) is 0 Å². The highest BCUT2D eigenvalue weighted by Crippen LogP contribution is 2.32. The van der Waals surface area contributed by atoms with Crippen molar-refractivity contribution in [1.29, 1.82) is 0 Å². The van der Waals surface area contributed by atoms with Gasteiger partial charge in [0, 0.05) is 7.05 Å². The van der Waals surface area contributed by atoms with Gasteiger partial charge in [-0.1, -0.05) is 12.8 Å². The fourth-order valence-electron chi connectivity index (χ4n) is 2.23. The molecule has 7 heteroatoms. The number of aromatic nitrogens is 4. The summed E-state index contributed by atoms with van der Waals surface area (Å²) >= 11 is 0. The van der Waals surface area contributed by atoms with Crippen LogP contribution >= 0.6 is 0 Å². The molecule has 0 N–H and O–H groups in total. The zero-order chi connectivity index (χ0) is 11.8. The molecule has 0 amide bonds. The predicted octanol–water partition coefficient (Wildman–Crippen LogP) is 0.628. The topological polar surface area (TPSA) is 77.7 Å². The lowest BCUT2D eigenvalue weighted by Gasteiger charge is -2.16. The van der Waals surface area contributed by atoms with Crippen molar-refractivity contribution in [3.05, 3.63) is 5.82 Å². The number of rotatable bonds is 3. The monoisotopic (exact) mass is 244 g/mol. The summed E-state index contributed by atoms with van der Waals surface area (Å²) in [5.74, 6) is 0.423. The largest absolute Gasteiger partial charge is 0.231 e. The van der Waals surface area contributed by atoms with Gasteiger partial charge in [-0.25, -0.2) is 13.1 Å². The molecule has 1 aliphatic carbocycles. The third kappa shape index (κ3) is 1.83. The van der Waals surface area contributed by atoms with Gasteiger partial charge in [0.1, 0.15) is 5.25 Å². The average Bonchev–Trinajstić information content (AvgIpc) is 2.86. The van der Waals surface area contributed by atoms with E-state index in [2.05, 4.69) is 15.5 Å². The summed E-state index contributed by atoms with van der Waals surface area (Å²) in [7, 11) is -1.48. The lowest BCUT2D eigenvalue weighted by atomic mass is 10.4. The second-order valence-electron chi connectivity index (χ2n) is 4.30. The second-order valence-corrected chi connectivity index (χ2v) is 6.85. The fourth-order valence-corrected chi connectivity index (χ4v) is 4.29. The standard InChI is InChI=1S/C9H16N4O2S/c1-7(9-10-11-12-13(9)2)16(14,15)8-5-3-4-6-8/h7-8H,3-6H2,1-2H3. The Kier molecular flexibility index (Phi) is 2.96. The van der Waals surface area contributed by atoms with E-state index >= 15 is 0 Å². The summed E-state index contributed by atoms with van der Waals surface area (Å²) in [6.45, 7) is 1.67. The predicted molar refractivity (Wildman–Crippen MR) is 58.4 cm³/mol. The van der Waals surface area contributed by atoms with E-state index in [1.165, 1.54) is 4.68 Å². The van der Waals surface area contributed by atoms with E-state index in [9.17, 15) is 8.42 Å². The van der Waals surface area contributed by atoms with Crippen molar-refractivity contribution in [2.24, 2.45) is 7.05 Å². The minimum Gasteiger partial charge on any atom is -0.231 e. The molecule has 1 atom stereocenters. The van der Waals surface area contributed by atoms with Crippen LogP contribution in [0.5, 0.6) is 0 Å². The van der Waals surface area contributed by atoms with Crippen LogP contribution in [0.1, 0.15) is 43.7 Å². The lowest BCUT2D eigenvalue weighted by Crippen LogP contribution is -2.25. The quantitative estimate of drug-likeness (QED) is 0.779. The molecule has 0 aromatic carbocycles.